The summed E-state index contributed by atoms with van der Waals surface area (Å²) in [4.78, 5) is 18.7. The number of carbonyl (C=O) groups is 1. The molecule has 1 amide bonds. The molecule has 0 radical (unpaired) electrons. The van der Waals surface area contributed by atoms with Gasteiger partial charge in [0.2, 0.25) is 5.91 Å². The summed E-state index contributed by atoms with van der Waals surface area (Å²) in [6.07, 6.45) is 14.1. The summed E-state index contributed by atoms with van der Waals surface area (Å²) in [5.74, 6) is 1.73. The number of hydrogen-bond acceptors (Lipinski definition) is 2. The molecule has 3 aliphatic heterocycles. The van der Waals surface area contributed by atoms with E-state index in [0.717, 1.165) is 31.3 Å². The average molecular weight is 446 g/mol. The molecule has 4 heterocycles. The maximum Gasteiger partial charge on any atom is 0.223 e. The second-order valence-corrected chi connectivity index (χ2v) is 11.3. The lowest BCUT2D eigenvalue weighted by atomic mass is 9.68. The molecule has 2 bridgehead atoms. The minimum Gasteiger partial charge on any atom is -0.345 e. The van der Waals surface area contributed by atoms with Crippen molar-refractivity contribution in [2.45, 2.75) is 83.3 Å². The van der Waals surface area contributed by atoms with Gasteiger partial charge in [0.25, 0.3) is 0 Å². The summed E-state index contributed by atoms with van der Waals surface area (Å²) < 4.78 is 2.36. The van der Waals surface area contributed by atoms with Crippen LogP contribution in [-0.4, -0.2) is 52.0 Å². The van der Waals surface area contributed by atoms with Crippen molar-refractivity contribution in [3.63, 3.8) is 0 Å². The highest BCUT2D eigenvalue weighted by atomic mass is 16.2. The van der Waals surface area contributed by atoms with Crippen LogP contribution in [0, 0.1) is 11.8 Å². The van der Waals surface area contributed by atoms with Crippen LogP contribution in [0.4, 0.5) is 0 Å². The summed E-state index contributed by atoms with van der Waals surface area (Å²) in [6, 6.07) is 10.2. The third-order valence-corrected chi connectivity index (χ3v) is 8.97. The van der Waals surface area contributed by atoms with Gasteiger partial charge in [-0.05, 0) is 82.4 Å². The summed E-state index contributed by atoms with van der Waals surface area (Å²) in [5, 5.41) is 1.31. The number of likely N-dealkylation sites (tertiary alicyclic amines) is 1. The van der Waals surface area contributed by atoms with Gasteiger partial charge in [0.1, 0.15) is 0 Å². The fraction of sp³-hybridized carbons (Fsp3) is 0.621. The predicted octanol–water partition coefficient (Wildman–Crippen LogP) is 5.58. The Bertz CT molecular complexity index is 1070. The first-order valence-corrected chi connectivity index (χ1v) is 13.4. The molecule has 33 heavy (non-hydrogen) atoms. The molecular formula is C29H39N3O. The summed E-state index contributed by atoms with van der Waals surface area (Å²) >= 11 is 0. The monoisotopic (exact) mass is 445 g/mol. The van der Waals surface area contributed by atoms with Crippen LogP contribution in [0.5, 0.6) is 0 Å². The Balaban J connectivity index is 1.21. The number of nitrogens with zero attached hydrogens (tertiary/aromatic N) is 3. The van der Waals surface area contributed by atoms with Crippen molar-refractivity contribution in [3.8, 4) is 0 Å². The fourth-order valence-electron chi connectivity index (χ4n) is 7.54. The molecule has 1 aromatic carbocycles. The molecule has 2 unspecified atom stereocenters. The van der Waals surface area contributed by atoms with Gasteiger partial charge in [-0.2, -0.15) is 0 Å². The zero-order chi connectivity index (χ0) is 22.5. The van der Waals surface area contributed by atoms with E-state index < -0.39 is 0 Å². The first kappa shape index (κ1) is 21.5. The normalized spacial score (nSPS) is 29.7. The van der Waals surface area contributed by atoms with Crippen LogP contribution in [-0.2, 0) is 11.2 Å². The highest BCUT2D eigenvalue weighted by molar-refractivity contribution is 5.85. The Kier molecular flexibility index (Phi) is 5.60. The van der Waals surface area contributed by atoms with Crippen LogP contribution in [0.1, 0.15) is 70.4 Å². The van der Waals surface area contributed by atoms with E-state index in [1.165, 1.54) is 61.7 Å². The van der Waals surface area contributed by atoms with Crippen molar-refractivity contribution in [2.75, 3.05) is 19.6 Å². The van der Waals surface area contributed by atoms with Crippen molar-refractivity contribution >= 4 is 16.8 Å². The number of aromatic nitrogens is 1. The number of para-hydroxylation sites is 1. The summed E-state index contributed by atoms with van der Waals surface area (Å²) in [5.41, 5.74) is 4.20. The standard InChI is InChI=1S/C29H39N3O/c1-20(2)32-19-22(25-9-3-4-11-27(25)32)12-13-28(33)31-15-7-8-21-16-23-17-24(29(21)31)18-30-14-6-5-10-26(23)30/h3-4,9,11,16,19-20,23-24,26,29H,5-8,10,12-15,17-18H2,1-2H3/t23?,24?,26-,29-/m1/s1. The van der Waals surface area contributed by atoms with Crippen molar-refractivity contribution in [1.82, 2.24) is 14.4 Å². The molecule has 4 atom stereocenters. The van der Waals surface area contributed by atoms with Crippen molar-refractivity contribution in [2.24, 2.45) is 11.8 Å². The van der Waals surface area contributed by atoms with E-state index in [1.807, 2.05) is 0 Å². The van der Waals surface area contributed by atoms with Gasteiger partial charge in [-0.25, -0.2) is 0 Å². The number of carbonyl (C=O) groups excluding carboxylic acids is 1. The Morgan fingerprint density at radius 2 is 2.00 bits per heavy atom. The van der Waals surface area contributed by atoms with E-state index >= 15 is 0 Å². The number of aryl methyl sites for hydroxylation is 1. The predicted molar refractivity (Wildman–Crippen MR) is 134 cm³/mol. The van der Waals surface area contributed by atoms with Gasteiger partial charge in [0.15, 0.2) is 0 Å². The minimum absolute atomic E-state index is 0.363. The van der Waals surface area contributed by atoms with E-state index in [1.54, 1.807) is 5.57 Å². The zero-order valence-electron chi connectivity index (χ0n) is 20.4. The van der Waals surface area contributed by atoms with Gasteiger partial charge in [-0.3, -0.25) is 9.69 Å². The van der Waals surface area contributed by atoms with E-state index in [9.17, 15) is 4.79 Å². The Labute approximate surface area is 198 Å². The molecule has 2 aromatic rings. The van der Waals surface area contributed by atoms with Gasteiger partial charge in [-0.1, -0.05) is 36.3 Å². The number of fused-ring (bicyclic) bond motifs is 7. The van der Waals surface area contributed by atoms with Gasteiger partial charge in [0, 0.05) is 48.7 Å². The third kappa shape index (κ3) is 3.75. The third-order valence-electron chi connectivity index (χ3n) is 8.97. The molecule has 4 nitrogen and oxygen atoms in total. The smallest absolute Gasteiger partial charge is 0.223 e. The first-order chi connectivity index (χ1) is 16.1. The molecule has 4 heteroatoms. The minimum atomic E-state index is 0.363. The van der Waals surface area contributed by atoms with Crippen LogP contribution in [0.25, 0.3) is 10.9 Å². The number of amides is 1. The van der Waals surface area contributed by atoms with Gasteiger partial charge in [-0.15, -0.1) is 0 Å². The first-order valence-electron chi connectivity index (χ1n) is 13.4. The average Bonchev–Trinajstić information content (AvgIpc) is 3.21. The molecule has 6 rings (SSSR count). The molecule has 3 saturated heterocycles. The number of rotatable bonds is 4. The van der Waals surface area contributed by atoms with Gasteiger partial charge in [0.05, 0.1) is 6.04 Å². The highest BCUT2D eigenvalue weighted by Gasteiger charge is 2.46. The quantitative estimate of drug-likeness (QED) is 0.575. The van der Waals surface area contributed by atoms with E-state index in [2.05, 4.69) is 64.8 Å². The SMILES string of the molecule is CC(C)n1cc(CCC(=O)N2CCCC3=CC4CC(CN5CCCC[C@H]45)[C@@H]32)c2ccccc21. The second-order valence-electron chi connectivity index (χ2n) is 11.3. The Hall–Kier alpha value is -2.07. The molecule has 0 saturated carbocycles. The lowest BCUT2D eigenvalue weighted by Crippen LogP contribution is -2.60. The molecule has 0 N–H and O–H groups in total. The van der Waals surface area contributed by atoms with Gasteiger partial charge >= 0.3 is 0 Å². The zero-order valence-corrected chi connectivity index (χ0v) is 20.4. The van der Waals surface area contributed by atoms with E-state index in [0.29, 0.717) is 30.3 Å². The molecule has 1 aromatic heterocycles. The van der Waals surface area contributed by atoms with Crippen LogP contribution < -0.4 is 0 Å². The van der Waals surface area contributed by atoms with Crippen molar-refractivity contribution < 1.29 is 4.79 Å². The van der Waals surface area contributed by atoms with E-state index in [-0.39, 0.29) is 0 Å². The Morgan fingerprint density at radius 1 is 1.12 bits per heavy atom. The summed E-state index contributed by atoms with van der Waals surface area (Å²) in [6.45, 7) is 7.88. The highest BCUT2D eigenvalue weighted by Crippen LogP contribution is 2.45. The second kappa shape index (κ2) is 8.61. The van der Waals surface area contributed by atoms with Crippen LogP contribution in [0.2, 0.25) is 0 Å². The van der Waals surface area contributed by atoms with Crippen molar-refractivity contribution in [3.05, 3.63) is 47.7 Å². The largest absolute Gasteiger partial charge is 0.345 e. The number of hydrogen-bond donors (Lipinski definition) is 0. The number of piperidine rings is 3. The molecule has 4 aliphatic rings. The molecule has 1 aliphatic carbocycles. The van der Waals surface area contributed by atoms with Crippen LogP contribution in [0.3, 0.4) is 0 Å². The van der Waals surface area contributed by atoms with E-state index in [4.69, 9.17) is 0 Å². The van der Waals surface area contributed by atoms with Gasteiger partial charge < -0.3 is 9.47 Å². The topological polar surface area (TPSA) is 28.5 Å². The summed E-state index contributed by atoms with van der Waals surface area (Å²) in [7, 11) is 0. The number of benzene rings is 1. The van der Waals surface area contributed by atoms with Crippen LogP contribution >= 0.6 is 0 Å². The van der Waals surface area contributed by atoms with Crippen molar-refractivity contribution in [1.29, 1.82) is 0 Å². The molecule has 176 valence electrons. The molecular weight excluding hydrogens is 406 g/mol. The molecule has 0 spiro atoms. The Morgan fingerprint density at radius 3 is 2.88 bits per heavy atom. The fourth-order valence-corrected chi connectivity index (χ4v) is 7.54. The maximum atomic E-state index is 13.6. The lowest BCUT2D eigenvalue weighted by molar-refractivity contribution is -0.136. The maximum absolute atomic E-state index is 13.6. The lowest BCUT2D eigenvalue weighted by Gasteiger charge is -2.54. The van der Waals surface area contributed by atoms with Crippen LogP contribution in [0.15, 0.2) is 42.1 Å². The molecule has 3 fully saturated rings.